The maximum Gasteiger partial charge on any atom is 0.490 e. The summed E-state index contributed by atoms with van der Waals surface area (Å²) in [4.78, 5) is 14.3. The summed E-state index contributed by atoms with van der Waals surface area (Å²) >= 11 is 5.85. The first kappa shape index (κ1) is 16.6. The smallest absolute Gasteiger partial charge is 0.475 e. The quantitative estimate of drug-likeness (QED) is 0.825. The standard InChI is InChI=1S/C11H11ClN2O.C2HF3O2/c12-8-3-1-7(2-4-8)11-9-5-13-6-10(9)15-14-11;3-2(4,5)1(6)7/h1-4,9-10,13H,5-6H2;(H,6,7)/t9-,10+;/m1./s1. The van der Waals surface area contributed by atoms with Gasteiger partial charge in [0.1, 0.15) is 6.10 Å². The highest BCUT2D eigenvalue weighted by Crippen LogP contribution is 2.26. The Kier molecular flexibility index (Phi) is 4.92. The number of carbonyl (C=O) groups is 1. The first-order valence-electron chi connectivity index (χ1n) is 6.29. The molecule has 0 aromatic heterocycles. The van der Waals surface area contributed by atoms with Crippen LogP contribution in [0.2, 0.25) is 5.02 Å². The molecule has 0 spiro atoms. The van der Waals surface area contributed by atoms with Gasteiger partial charge in [-0.15, -0.1) is 0 Å². The number of hydrogen-bond acceptors (Lipinski definition) is 4. The normalized spacial score (nSPS) is 23.0. The molecule has 120 valence electrons. The largest absolute Gasteiger partial charge is 0.490 e. The number of alkyl halides is 3. The van der Waals surface area contributed by atoms with E-state index in [0.29, 0.717) is 5.92 Å². The Morgan fingerprint density at radius 2 is 1.91 bits per heavy atom. The van der Waals surface area contributed by atoms with E-state index in [1.165, 1.54) is 0 Å². The molecule has 0 bridgehead atoms. The molecule has 2 heterocycles. The number of oxime groups is 1. The summed E-state index contributed by atoms with van der Waals surface area (Å²) in [5.41, 5.74) is 2.15. The summed E-state index contributed by atoms with van der Waals surface area (Å²) in [6, 6.07) is 7.75. The number of hydrogen-bond donors (Lipinski definition) is 2. The Morgan fingerprint density at radius 1 is 1.32 bits per heavy atom. The summed E-state index contributed by atoms with van der Waals surface area (Å²) in [7, 11) is 0. The molecule has 0 amide bonds. The molecule has 1 fully saturated rings. The SMILES string of the molecule is Clc1ccc(C2=NO[C@H]3CNC[C@@H]23)cc1.O=C(O)C(F)(F)F. The fraction of sp³-hybridized carbons (Fsp3) is 0.385. The van der Waals surface area contributed by atoms with Crippen LogP contribution in [0.5, 0.6) is 0 Å². The Morgan fingerprint density at radius 3 is 2.45 bits per heavy atom. The Labute approximate surface area is 128 Å². The lowest BCUT2D eigenvalue weighted by molar-refractivity contribution is -0.192. The van der Waals surface area contributed by atoms with Crippen molar-refractivity contribution < 1.29 is 27.9 Å². The van der Waals surface area contributed by atoms with Crippen LogP contribution in [0.4, 0.5) is 13.2 Å². The second-order valence-corrected chi connectivity index (χ2v) is 5.13. The van der Waals surface area contributed by atoms with E-state index in [2.05, 4.69) is 10.5 Å². The minimum absolute atomic E-state index is 0.218. The Bertz CT molecular complexity index is 575. The fourth-order valence-electron chi connectivity index (χ4n) is 2.12. The predicted octanol–water partition coefficient (Wildman–Crippen LogP) is 2.30. The molecule has 1 saturated heterocycles. The molecule has 0 aliphatic carbocycles. The first-order chi connectivity index (χ1) is 10.3. The van der Waals surface area contributed by atoms with Crippen LogP contribution >= 0.6 is 11.6 Å². The van der Waals surface area contributed by atoms with Crippen molar-refractivity contribution in [1.29, 1.82) is 0 Å². The average Bonchev–Trinajstić information content (AvgIpc) is 3.02. The molecule has 0 unspecified atom stereocenters. The van der Waals surface area contributed by atoms with Crippen molar-refractivity contribution >= 4 is 23.3 Å². The maximum atomic E-state index is 10.6. The lowest BCUT2D eigenvalue weighted by Gasteiger charge is -2.07. The van der Waals surface area contributed by atoms with Crippen LogP contribution in [0.1, 0.15) is 5.56 Å². The van der Waals surface area contributed by atoms with Gasteiger partial charge in [0, 0.05) is 18.1 Å². The second-order valence-electron chi connectivity index (χ2n) is 4.69. The topological polar surface area (TPSA) is 70.9 Å². The highest BCUT2D eigenvalue weighted by Gasteiger charge is 2.39. The van der Waals surface area contributed by atoms with Gasteiger partial charge < -0.3 is 15.3 Å². The molecule has 2 N–H and O–H groups in total. The molecule has 9 heteroatoms. The Hall–Kier alpha value is -1.80. The van der Waals surface area contributed by atoms with Crippen LogP contribution in [0.15, 0.2) is 29.4 Å². The highest BCUT2D eigenvalue weighted by atomic mass is 35.5. The summed E-state index contributed by atoms with van der Waals surface area (Å²) in [6.07, 6.45) is -4.87. The summed E-state index contributed by atoms with van der Waals surface area (Å²) < 4.78 is 31.7. The molecule has 1 aromatic rings. The van der Waals surface area contributed by atoms with Gasteiger partial charge in [0.05, 0.1) is 11.6 Å². The van der Waals surface area contributed by atoms with Gasteiger partial charge in [-0.05, 0) is 17.7 Å². The van der Waals surface area contributed by atoms with E-state index < -0.39 is 12.1 Å². The minimum atomic E-state index is -5.08. The molecule has 2 atom stereocenters. The molecule has 0 saturated carbocycles. The van der Waals surface area contributed by atoms with Crippen LogP contribution in [-0.4, -0.2) is 42.2 Å². The lowest BCUT2D eigenvalue weighted by Crippen LogP contribution is -2.21. The van der Waals surface area contributed by atoms with Crippen LogP contribution in [-0.2, 0) is 9.63 Å². The molecule has 5 nitrogen and oxygen atoms in total. The Balaban J connectivity index is 0.000000217. The molecule has 0 radical (unpaired) electrons. The molecule has 2 aliphatic heterocycles. The zero-order valence-corrected chi connectivity index (χ0v) is 11.9. The number of benzene rings is 1. The predicted molar refractivity (Wildman–Crippen MR) is 72.9 cm³/mol. The number of rotatable bonds is 1. The minimum Gasteiger partial charge on any atom is -0.475 e. The number of nitrogens with zero attached hydrogens (tertiary/aromatic N) is 1. The van der Waals surface area contributed by atoms with Crippen LogP contribution in [0.25, 0.3) is 0 Å². The van der Waals surface area contributed by atoms with E-state index in [9.17, 15) is 13.2 Å². The summed E-state index contributed by atoms with van der Waals surface area (Å²) in [6.45, 7) is 1.84. The molecular weight excluding hydrogens is 325 g/mol. The van der Waals surface area contributed by atoms with E-state index in [1.807, 2.05) is 24.3 Å². The van der Waals surface area contributed by atoms with Crippen LogP contribution in [0.3, 0.4) is 0 Å². The second kappa shape index (κ2) is 6.53. The van der Waals surface area contributed by atoms with E-state index in [4.69, 9.17) is 26.3 Å². The third kappa shape index (κ3) is 3.89. The van der Waals surface area contributed by atoms with E-state index in [0.717, 1.165) is 29.4 Å². The molecule has 3 rings (SSSR count). The zero-order chi connectivity index (χ0) is 16.3. The number of halogens is 4. The number of carboxylic acids is 1. The monoisotopic (exact) mass is 336 g/mol. The van der Waals surface area contributed by atoms with E-state index >= 15 is 0 Å². The van der Waals surface area contributed by atoms with Gasteiger partial charge in [0.2, 0.25) is 0 Å². The van der Waals surface area contributed by atoms with Crippen molar-refractivity contribution in [3.63, 3.8) is 0 Å². The third-order valence-electron chi connectivity index (χ3n) is 3.18. The molecule has 1 aromatic carbocycles. The van der Waals surface area contributed by atoms with Gasteiger partial charge in [-0.3, -0.25) is 0 Å². The van der Waals surface area contributed by atoms with Gasteiger partial charge in [-0.2, -0.15) is 13.2 Å². The summed E-state index contributed by atoms with van der Waals surface area (Å²) in [5.74, 6) is -2.36. The van der Waals surface area contributed by atoms with Crippen LogP contribution in [0, 0.1) is 5.92 Å². The van der Waals surface area contributed by atoms with Crippen molar-refractivity contribution in [3.05, 3.63) is 34.9 Å². The summed E-state index contributed by atoms with van der Waals surface area (Å²) in [5, 5.41) is 15.3. The first-order valence-corrected chi connectivity index (χ1v) is 6.67. The van der Waals surface area contributed by atoms with Crippen LogP contribution < -0.4 is 5.32 Å². The number of carboxylic acid groups (broad SMARTS) is 1. The van der Waals surface area contributed by atoms with Gasteiger partial charge >= 0.3 is 12.1 Å². The molecular formula is C13H12ClF3N2O3. The van der Waals surface area contributed by atoms with Crippen molar-refractivity contribution in [2.75, 3.05) is 13.1 Å². The number of aliphatic carboxylic acids is 1. The highest BCUT2D eigenvalue weighted by molar-refractivity contribution is 6.30. The van der Waals surface area contributed by atoms with Crippen molar-refractivity contribution in [3.8, 4) is 0 Å². The molecule has 22 heavy (non-hydrogen) atoms. The van der Waals surface area contributed by atoms with Gasteiger partial charge in [0.25, 0.3) is 0 Å². The fourth-order valence-corrected chi connectivity index (χ4v) is 2.24. The lowest BCUT2D eigenvalue weighted by atomic mass is 9.95. The third-order valence-corrected chi connectivity index (χ3v) is 3.43. The van der Waals surface area contributed by atoms with E-state index in [-0.39, 0.29) is 6.10 Å². The van der Waals surface area contributed by atoms with Gasteiger partial charge in [-0.25, -0.2) is 4.79 Å². The average molecular weight is 337 g/mol. The van der Waals surface area contributed by atoms with Gasteiger partial charge in [-0.1, -0.05) is 28.9 Å². The number of fused-ring (bicyclic) bond motifs is 1. The van der Waals surface area contributed by atoms with Crippen molar-refractivity contribution in [1.82, 2.24) is 5.32 Å². The van der Waals surface area contributed by atoms with Crippen molar-refractivity contribution in [2.24, 2.45) is 11.1 Å². The number of nitrogens with one attached hydrogen (secondary N) is 1. The zero-order valence-electron chi connectivity index (χ0n) is 11.1. The molecule has 2 aliphatic rings. The van der Waals surface area contributed by atoms with E-state index in [1.54, 1.807) is 0 Å². The van der Waals surface area contributed by atoms with Crippen molar-refractivity contribution in [2.45, 2.75) is 12.3 Å². The van der Waals surface area contributed by atoms with Gasteiger partial charge in [0.15, 0.2) is 0 Å². The maximum absolute atomic E-state index is 10.6.